The normalized spacial score (nSPS) is 14.7. The van der Waals surface area contributed by atoms with Gasteiger partial charge in [0.25, 0.3) is 0 Å². The number of hydrogen-bond donors (Lipinski definition) is 0. The molecule has 3 nitrogen and oxygen atoms in total. The van der Waals surface area contributed by atoms with Crippen molar-refractivity contribution in [2.24, 2.45) is 0 Å². The first-order valence-electron chi connectivity index (χ1n) is 14.8. The van der Waals surface area contributed by atoms with Crippen LogP contribution in [0.25, 0.3) is 22.2 Å². The first kappa shape index (κ1) is 31.7. The summed E-state index contributed by atoms with van der Waals surface area (Å²) in [5, 5.41) is 1.27. The lowest BCUT2D eigenvalue weighted by Gasteiger charge is -2.41. The van der Waals surface area contributed by atoms with Crippen LogP contribution in [0.2, 0.25) is 0 Å². The zero-order valence-electron chi connectivity index (χ0n) is 24.3. The smallest absolute Gasteiger partial charge is 0.0713 e. The fourth-order valence-corrected chi connectivity index (χ4v) is 6.27. The van der Waals surface area contributed by atoms with Gasteiger partial charge < -0.3 is 0 Å². The molecule has 1 atom stereocenters. The lowest BCUT2D eigenvalue weighted by atomic mass is 9.95. The molecule has 1 aliphatic rings. The minimum absolute atomic E-state index is 0. The van der Waals surface area contributed by atoms with Gasteiger partial charge in [-0.3, -0.25) is 9.80 Å². The predicted octanol–water partition coefficient (Wildman–Crippen LogP) is 9.02. The minimum atomic E-state index is 0. The second-order valence-electron chi connectivity index (χ2n) is 11.1. The van der Waals surface area contributed by atoms with Crippen LogP contribution < -0.4 is 0 Å². The van der Waals surface area contributed by atoms with Gasteiger partial charge in [0.15, 0.2) is 0 Å². The highest BCUT2D eigenvalue weighted by Crippen LogP contribution is 2.33. The van der Waals surface area contributed by atoms with Crippen molar-refractivity contribution in [2.45, 2.75) is 44.8 Å². The maximum atomic E-state index is 5.03. The van der Waals surface area contributed by atoms with Gasteiger partial charge in [-0.15, -0.1) is 24.8 Å². The van der Waals surface area contributed by atoms with E-state index in [2.05, 4.69) is 138 Å². The second-order valence-corrected chi connectivity index (χ2v) is 11.1. The van der Waals surface area contributed by atoms with Gasteiger partial charge in [-0.1, -0.05) is 109 Å². The highest BCUT2D eigenvalue weighted by atomic mass is 35.5. The molecule has 0 spiro atoms. The molecule has 5 heteroatoms. The molecule has 6 rings (SSSR count). The fourth-order valence-electron chi connectivity index (χ4n) is 6.27. The summed E-state index contributed by atoms with van der Waals surface area (Å²) in [5.41, 5.74) is 7.53. The monoisotopic (exact) mass is 597 g/mol. The Labute approximate surface area is 263 Å². The van der Waals surface area contributed by atoms with Crippen molar-refractivity contribution >= 4 is 35.7 Å². The van der Waals surface area contributed by atoms with Gasteiger partial charge in [0.2, 0.25) is 0 Å². The molecule has 0 radical (unpaired) electrons. The molecule has 42 heavy (non-hydrogen) atoms. The standard InChI is InChI=1S/C37H39N3.2ClH/c1-29(35-27-37(32-17-9-4-10-18-32)38-36-20-12-11-19-34(35)36)39-25-22-33(23-26-39)40(28-31-15-7-3-8-16-31)24-21-30-13-5-2-6-14-30;;/h2-20,27,29,33H,21-26,28H2,1H3;2*1H. The summed E-state index contributed by atoms with van der Waals surface area (Å²) >= 11 is 0. The summed E-state index contributed by atoms with van der Waals surface area (Å²) < 4.78 is 0. The molecular weight excluding hydrogens is 557 g/mol. The Morgan fingerprint density at radius 1 is 0.738 bits per heavy atom. The van der Waals surface area contributed by atoms with Gasteiger partial charge in [0.1, 0.15) is 0 Å². The number of halogens is 2. The van der Waals surface area contributed by atoms with E-state index in [9.17, 15) is 0 Å². The van der Waals surface area contributed by atoms with E-state index >= 15 is 0 Å². The van der Waals surface area contributed by atoms with Crippen molar-refractivity contribution in [1.82, 2.24) is 14.8 Å². The molecule has 0 amide bonds. The summed E-state index contributed by atoms with van der Waals surface area (Å²) in [6.45, 7) is 6.71. The third-order valence-corrected chi connectivity index (χ3v) is 8.59. The zero-order valence-corrected chi connectivity index (χ0v) is 25.9. The zero-order chi connectivity index (χ0) is 27.1. The van der Waals surface area contributed by atoms with Crippen LogP contribution in [0, 0.1) is 0 Å². The summed E-state index contributed by atoms with van der Waals surface area (Å²) in [6.07, 6.45) is 3.48. The Balaban J connectivity index is 0.00000202. The highest BCUT2D eigenvalue weighted by Gasteiger charge is 2.28. The van der Waals surface area contributed by atoms with Crippen molar-refractivity contribution in [3.63, 3.8) is 0 Å². The predicted molar refractivity (Wildman–Crippen MR) is 182 cm³/mol. The summed E-state index contributed by atoms with van der Waals surface area (Å²) in [4.78, 5) is 10.5. The fraction of sp³-hybridized carbons (Fsp3) is 0.270. The molecule has 2 heterocycles. The quantitative estimate of drug-likeness (QED) is 0.169. The largest absolute Gasteiger partial charge is 0.296 e. The molecule has 1 fully saturated rings. The van der Waals surface area contributed by atoms with E-state index in [1.54, 1.807) is 0 Å². The van der Waals surface area contributed by atoms with Crippen LogP contribution in [-0.2, 0) is 13.0 Å². The molecule has 1 saturated heterocycles. The van der Waals surface area contributed by atoms with Crippen LogP contribution in [0.5, 0.6) is 0 Å². The average molecular weight is 599 g/mol. The molecule has 0 bridgehead atoms. The Kier molecular flexibility index (Phi) is 11.6. The molecule has 1 unspecified atom stereocenters. The minimum Gasteiger partial charge on any atom is -0.296 e. The van der Waals surface area contributed by atoms with Gasteiger partial charge >= 0.3 is 0 Å². The van der Waals surface area contributed by atoms with Crippen molar-refractivity contribution in [3.8, 4) is 11.3 Å². The molecule has 0 saturated carbocycles. The molecule has 1 aliphatic heterocycles. The number of pyridine rings is 1. The van der Waals surface area contributed by atoms with Gasteiger partial charge in [-0.25, -0.2) is 4.98 Å². The summed E-state index contributed by atoms with van der Waals surface area (Å²) in [5.74, 6) is 0. The maximum absolute atomic E-state index is 5.03. The van der Waals surface area contributed by atoms with E-state index in [1.807, 2.05) is 0 Å². The van der Waals surface area contributed by atoms with Gasteiger partial charge in [0.05, 0.1) is 11.2 Å². The number of rotatable bonds is 9. The molecule has 0 aliphatic carbocycles. The number of para-hydroxylation sites is 1. The molecule has 4 aromatic carbocycles. The Morgan fingerprint density at radius 2 is 1.31 bits per heavy atom. The highest BCUT2D eigenvalue weighted by molar-refractivity contribution is 5.86. The first-order valence-corrected chi connectivity index (χ1v) is 14.8. The van der Waals surface area contributed by atoms with Crippen molar-refractivity contribution in [2.75, 3.05) is 19.6 Å². The van der Waals surface area contributed by atoms with E-state index in [0.29, 0.717) is 12.1 Å². The van der Waals surface area contributed by atoms with Crippen LogP contribution in [0.4, 0.5) is 0 Å². The van der Waals surface area contributed by atoms with Crippen molar-refractivity contribution < 1.29 is 0 Å². The topological polar surface area (TPSA) is 19.4 Å². The Hall–Kier alpha value is -3.21. The molecule has 5 aromatic rings. The lowest BCUT2D eigenvalue weighted by molar-refractivity contribution is 0.0840. The van der Waals surface area contributed by atoms with Crippen LogP contribution in [0.3, 0.4) is 0 Å². The Morgan fingerprint density at radius 3 is 1.98 bits per heavy atom. The Bertz CT molecular complexity index is 1500. The van der Waals surface area contributed by atoms with Crippen molar-refractivity contribution in [3.05, 3.63) is 138 Å². The number of fused-ring (bicyclic) bond motifs is 1. The van der Waals surface area contributed by atoms with Crippen molar-refractivity contribution in [1.29, 1.82) is 0 Å². The van der Waals surface area contributed by atoms with Gasteiger partial charge in [-0.2, -0.15) is 0 Å². The summed E-state index contributed by atoms with van der Waals surface area (Å²) in [6, 6.07) is 44.4. The molecule has 218 valence electrons. The van der Waals surface area contributed by atoms with Gasteiger partial charge in [-0.05, 0) is 55.0 Å². The number of nitrogens with zero attached hydrogens (tertiary/aromatic N) is 3. The van der Waals surface area contributed by atoms with Gasteiger partial charge in [0, 0.05) is 49.2 Å². The average Bonchev–Trinajstić information content (AvgIpc) is 3.03. The number of benzene rings is 4. The van der Waals surface area contributed by atoms with E-state index < -0.39 is 0 Å². The van der Waals surface area contributed by atoms with Crippen LogP contribution >= 0.6 is 24.8 Å². The molecule has 0 N–H and O–H groups in total. The van der Waals surface area contributed by atoms with E-state index in [1.165, 1.54) is 40.5 Å². The second kappa shape index (κ2) is 15.3. The maximum Gasteiger partial charge on any atom is 0.0713 e. The van der Waals surface area contributed by atoms with E-state index in [-0.39, 0.29) is 24.8 Å². The third-order valence-electron chi connectivity index (χ3n) is 8.59. The lowest BCUT2D eigenvalue weighted by Crippen LogP contribution is -2.46. The number of likely N-dealkylation sites (tertiary alicyclic amines) is 1. The van der Waals surface area contributed by atoms with Crippen LogP contribution in [0.1, 0.15) is 42.5 Å². The number of aromatic nitrogens is 1. The SMILES string of the molecule is CC(c1cc(-c2ccccc2)nc2ccccc12)N1CCC(N(CCc2ccccc2)Cc2ccccc2)CC1.Cl.Cl. The van der Waals surface area contributed by atoms with Crippen LogP contribution in [0.15, 0.2) is 121 Å². The number of hydrogen-bond acceptors (Lipinski definition) is 3. The van der Waals surface area contributed by atoms with Crippen LogP contribution in [-0.4, -0.2) is 40.5 Å². The van der Waals surface area contributed by atoms with E-state index in [0.717, 1.165) is 43.8 Å². The third kappa shape index (κ3) is 7.59. The summed E-state index contributed by atoms with van der Waals surface area (Å²) in [7, 11) is 0. The first-order chi connectivity index (χ1) is 19.7. The number of piperidine rings is 1. The van der Waals surface area contributed by atoms with E-state index in [4.69, 9.17) is 4.98 Å². The molecule has 1 aromatic heterocycles. The molecular formula is C37H41Cl2N3.